The van der Waals surface area contributed by atoms with Gasteiger partial charge in [0.25, 0.3) is 0 Å². The van der Waals surface area contributed by atoms with Crippen LogP contribution in [0.2, 0.25) is 0 Å². The number of hydrogen-bond acceptors (Lipinski definition) is 1. The fraction of sp³-hybridized carbons (Fsp3) is 0.250. The third-order valence-electron chi connectivity index (χ3n) is 2.41. The Balaban J connectivity index is 3.02. The summed E-state index contributed by atoms with van der Waals surface area (Å²) in [7, 11) is 0. The normalized spacial score (nSPS) is 10.8. The van der Waals surface area contributed by atoms with Gasteiger partial charge in [-0.1, -0.05) is 18.3 Å². The number of benzene rings is 1. The van der Waals surface area contributed by atoms with Crippen LogP contribution >= 0.6 is 12.2 Å². The number of pyridine rings is 1. The number of hydrogen-bond donors (Lipinski definition) is 1. The summed E-state index contributed by atoms with van der Waals surface area (Å²) in [4.78, 5) is 3.35. The molecule has 0 radical (unpaired) electrons. The predicted molar refractivity (Wildman–Crippen MR) is 63.3 cm³/mol. The lowest BCUT2D eigenvalue weighted by Gasteiger charge is -2.05. The second kappa shape index (κ2) is 3.21. The number of aromatic nitrogens is 1. The highest BCUT2D eigenvalue weighted by molar-refractivity contribution is 7.71. The molecule has 0 atom stereocenters. The van der Waals surface area contributed by atoms with E-state index in [1.807, 2.05) is 13.0 Å². The molecule has 2 rings (SSSR count). The minimum absolute atomic E-state index is 0.939. The number of aryl methyl sites for hydroxylation is 3. The maximum Gasteiger partial charge on any atom is 0.0490 e. The van der Waals surface area contributed by atoms with E-state index in [1.54, 1.807) is 0 Å². The third kappa shape index (κ3) is 1.46. The van der Waals surface area contributed by atoms with Gasteiger partial charge >= 0.3 is 0 Å². The summed E-state index contributed by atoms with van der Waals surface area (Å²) >= 11 is 5.35. The molecular formula is C12H13NS. The number of H-pyrrole nitrogens is 1. The Hall–Kier alpha value is -1.15. The summed E-state index contributed by atoms with van der Waals surface area (Å²) in [6.45, 7) is 6.24. The summed E-state index contributed by atoms with van der Waals surface area (Å²) in [5, 5.41) is 1.18. The number of nitrogens with one attached hydrogen (secondary N) is 1. The number of rotatable bonds is 0. The van der Waals surface area contributed by atoms with E-state index in [2.05, 4.69) is 31.0 Å². The minimum Gasteiger partial charge on any atom is -0.359 e. The smallest absolute Gasteiger partial charge is 0.0490 e. The van der Waals surface area contributed by atoms with Gasteiger partial charge in [0.05, 0.1) is 0 Å². The van der Waals surface area contributed by atoms with E-state index in [-0.39, 0.29) is 0 Å². The van der Waals surface area contributed by atoms with Gasteiger partial charge in [0.2, 0.25) is 0 Å². The van der Waals surface area contributed by atoms with E-state index < -0.39 is 0 Å². The Bertz CT molecular complexity index is 547. The van der Waals surface area contributed by atoms with Crippen LogP contribution in [0, 0.1) is 25.3 Å². The van der Waals surface area contributed by atoms with E-state index in [0.717, 1.165) is 15.7 Å². The van der Waals surface area contributed by atoms with Crippen molar-refractivity contribution in [2.45, 2.75) is 20.8 Å². The highest BCUT2D eigenvalue weighted by Crippen LogP contribution is 2.20. The predicted octanol–water partition coefficient (Wildman–Crippen LogP) is 3.82. The SMILES string of the molecule is Cc1cc(C)c2c(=S)cc(C)[nH]c2c1. The molecule has 1 aromatic carbocycles. The largest absolute Gasteiger partial charge is 0.359 e. The molecule has 2 aromatic rings. The van der Waals surface area contributed by atoms with Crippen LogP contribution < -0.4 is 0 Å². The summed E-state index contributed by atoms with van der Waals surface area (Å²) in [6, 6.07) is 6.33. The van der Waals surface area contributed by atoms with Crippen molar-refractivity contribution in [1.82, 2.24) is 4.98 Å². The molecule has 14 heavy (non-hydrogen) atoms. The lowest BCUT2D eigenvalue weighted by Crippen LogP contribution is -1.88. The average molecular weight is 203 g/mol. The first-order chi connectivity index (χ1) is 6.58. The lowest BCUT2D eigenvalue weighted by molar-refractivity contribution is 1.24. The van der Waals surface area contributed by atoms with Crippen molar-refractivity contribution in [3.05, 3.63) is 39.5 Å². The Labute approximate surface area is 88.8 Å². The molecule has 0 aliphatic carbocycles. The molecule has 1 nitrogen and oxygen atoms in total. The molecular weight excluding hydrogens is 190 g/mol. The zero-order valence-corrected chi connectivity index (χ0v) is 9.46. The quantitative estimate of drug-likeness (QED) is 0.643. The molecule has 0 fully saturated rings. The van der Waals surface area contributed by atoms with Crippen molar-refractivity contribution in [3.8, 4) is 0 Å². The summed E-state index contributed by atoms with van der Waals surface area (Å²) in [5.41, 5.74) is 4.78. The van der Waals surface area contributed by atoms with Crippen molar-refractivity contribution in [2.75, 3.05) is 0 Å². The Kier molecular flexibility index (Phi) is 2.16. The minimum atomic E-state index is 0.939. The van der Waals surface area contributed by atoms with Gasteiger partial charge in [0, 0.05) is 21.1 Å². The van der Waals surface area contributed by atoms with Crippen molar-refractivity contribution in [2.24, 2.45) is 0 Å². The molecule has 0 aliphatic rings. The van der Waals surface area contributed by atoms with E-state index in [1.165, 1.54) is 16.5 Å². The molecule has 0 saturated carbocycles. The van der Waals surface area contributed by atoms with E-state index in [0.29, 0.717) is 0 Å². The van der Waals surface area contributed by atoms with Crippen molar-refractivity contribution in [3.63, 3.8) is 0 Å². The second-order valence-corrected chi connectivity index (χ2v) is 4.26. The molecule has 1 heterocycles. The first-order valence-corrected chi connectivity index (χ1v) is 5.09. The first-order valence-electron chi connectivity index (χ1n) is 4.69. The van der Waals surface area contributed by atoms with Gasteiger partial charge in [-0.25, -0.2) is 0 Å². The second-order valence-electron chi connectivity index (χ2n) is 3.82. The van der Waals surface area contributed by atoms with Crippen LogP contribution in [0.25, 0.3) is 10.9 Å². The van der Waals surface area contributed by atoms with Crippen molar-refractivity contribution in [1.29, 1.82) is 0 Å². The maximum absolute atomic E-state index is 5.35. The Morgan fingerprint density at radius 3 is 2.50 bits per heavy atom. The van der Waals surface area contributed by atoms with Gasteiger partial charge < -0.3 is 4.98 Å². The zero-order chi connectivity index (χ0) is 10.3. The third-order valence-corrected chi connectivity index (χ3v) is 2.73. The molecule has 0 spiro atoms. The highest BCUT2D eigenvalue weighted by Gasteiger charge is 2.01. The summed E-state index contributed by atoms with van der Waals surface area (Å²) < 4.78 is 0.939. The summed E-state index contributed by atoms with van der Waals surface area (Å²) in [6.07, 6.45) is 0. The summed E-state index contributed by atoms with van der Waals surface area (Å²) in [5.74, 6) is 0. The Morgan fingerprint density at radius 2 is 1.79 bits per heavy atom. The topological polar surface area (TPSA) is 15.8 Å². The first kappa shape index (κ1) is 9.41. The van der Waals surface area contributed by atoms with Crippen LogP contribution in [-0.4, -0.2) is 4.98 Å². The molecule has 0 unspecified atom stereocenters. The van der Waals surface area contributed by atoms with Crippen LogP contribution in [0.5, 0.6) is 0 Å². The van der Waals surface area contributed by atoms with Crippen LogP contribution in [0.3, 0.4) is 0 Å². The molecule has 1 N–H and O–H groups in total. The number of aromatic amines is 1. The van der Waals surface area contributed by atoms with Gasteiger partial charge in [0.15, 0.2) is 0 Å². The molecule has 72 valence electrons. The molecule has 2 heteroatoms. The van der Waals surface area contributed by atoms with Gasteiger partial charge in [-0.05, 0) is 44.0 Å². The van der Waals surface area contributed by atoms with Gasteiger partial charge in [0.1, 0.15) is 0 Å². The molecule has 0 saturated heterocycles. The standard InChI is InChI=1S/C12H13NS/c1-7-4-8(2)12-10(5-7)13-9(3)6-11(12)14/h4-6H,1-3H3,(H,13,14). The van der Waals surface area contributed by atoms with Crippen LogP contribution in [-0.2, 0) is 0 Å². The van der Waals surface area contributed by atoms with Gasteiger partial charge in [-0.3, -0.25) is 0 Å². The van der Waals surface area contributed by atoms with Gasteiger partial charge in [-0.15, -0.1) is 0 Å². The van der Waals surface area contributed by atoms with Crippen molar-refractivity contribution < 1.29 is 0 Å². The monoisotopic (exact) mass is 203 g/mol. The number of fused-ring (bicyclic) bond motifs is 1. The fourth-order valence-corrected chi connectivity index (χ4v) is 2.36. The van der Waals surface area contributed by atoms with Gasteiger partial charge in [-0.2, -0.15) is 0 Å². The molecule has 0 bridgehead atoms. The van der Waals surface area contributed by atoms with E-state index in [4.69, 9.17) is 12.2 Å². The van der Waals surface area contributed by atoms with E-state index in [9.17, 15) is 0 Å². The fourth-order valence-electron chi connectivity index (χ4n) is 1.91. The highest BCUT2D eigenvalue weighted by atomic mass is 32.1. The average Bonchev–Trinajstić information content (AvgIpc) is 1.99. The lowest BCUT2D eigenvalue weighted by atomic mass is 10.1. The Morgan fingerprint density at radius 1 is 1.07 bits per heavy atom. The zero-order valence-electron chi connectivity index (χ0n) is 8.64. The van der Waals surface area contributed by atoms with Crippen LogP contribution in [0.1, 0.15) is 16.8 Å². The molecule has 0 amide bonds. The van der Waals surface area contributed by atoms with E-state index >= 15 is 0 Å². The van der Waals surface area contributed by atoms with Crippen LogP contribution in [0.4, 0.5) is 0 Å². The van der Waals surface area contributed by atoms with Crippen LogP contribution in [0.15, 0.2) is 18.2 Å². The molecule has 0 aliphatic heterocycles. The maximum atomic E-state index is 5.35. The molecule has 1 aromatic heterocycles. The van der Waals surface area contributed by atoms with Crippen molar-refractivity contribution >= 4 is 23.1 Å².